The van der Waals surface area contributed by atoms with Crippen molar-refractivity contribution in [1.29, 1.82) is 0 Å². The number of thiocarbonyl (C=S) groups is 1. The van der Waals surface area contributed by atoms with Crippen molar-refractivity contribution in [2.45, 2.75) is 0 Å². The summed E-state index contributed by atoms with van der Waals surface area (Å²) in [5.41, 5.74) is 10.8. The molecule has 54 valence electrons. The highest BCUT2D eigenvalue weighted by atomic mass is 32.2. The van der Waals surface area contributed by atoms with Crippen molar-refractivity contribution < 1.29 is 0 Å². The Balaban J connectivity index is 2.48. The Kier molecular flexibility index (Phi) is 2.46. The van der Waals surface area contributed by atoms with Crippen molar-refractivity contribution in [3.8, 4) is 0 Å². The van der Waals surface area contributed by atoms with Gasteiger partial charge in [-0.05, 0) is 12.2 Å². The second-order valence-electron chi connectivity index (χ2n) is 1.36. The van der Waals surface area contributed by atoms with Gasteiger partial charge in [0, 0.05) is 10.7 Å². The molecule has 1 aliphatic heterocycles. The molecule has 0 aromatic heterocycles. The molecule has 10 heavy (non-hydrogen) atoms. The minimum Gasteiger partial charge on any atom is -0.375 e. The molecule has 0 aliphatic carbocycles. The summed E-state index contributed by atoms with van der Waals surface area (Å²) in [5.74, 6) is 0. The molecule has 0 saturated carbocycles. The van der Waals surface area contributed by atoms with Gasteiger partial charge in [0.1, 0.15) is 11.1 Å². The van der Waals surface area contributed by atoms with Crippen LogP contribution in [0.25, 0.3) is 0 Å². The SMILES string of the molecule is NC(=S)NN=S1C=NN=C1. The number of hydrogen-bond donors (Lipinski definition) is 2. The van der Waals surface area contributed by atoms with Crippen LogP contribution in [0.15, 0.2) is 14.7 Å². The van der Waals surface area contributed by atoms with E-state index in [1.165, 1.54) is 0 Å². The van der Waals surface area contributed by atoms with Crippen molar-refractivity contribution in [3.63, 3.8) is 0 Å². The lowest BCUT2D eigenvalue weighted by molar-refractivity contribution is 1.06. The van der Waals surface area contributed by atoms with Gasteiger partial charge in [0.15, 0.2) is 5.11 Å². The van der Waals surface area contributed by atoms with Crippen LogP contribution in [0.5, 0.6) is 0 Å². The third kappa shape index (κ3) is 2.19. The maximum Gasteiger partial charge on any atom is 0.184 e. The van der Waals surface area contributed by atoms with E-state index in [1.54, 1.807) is 11.1 Å². The predicted molar refractivity (Wildman–Crippen MR) is 46.7 cm³/mol. The Morgan fingerprint density at radius 1 is 1.60 bits per heavy atom. The van der Waals surface area contributed by atoms with Crippen LogP contribution in [0.3, 0.4) is 0 Å². The summed E-state index contributed by atoms with van der Waals surface area (Å²) >= 11 is 4.52. The van der Waals surface area contributed by atoms with Gasteiger partial charge in [-0.1, -0.05) is 0 Å². The Labute approximate surface area is 65.5 Å². The van der Waals surface area contributed by atoms with Crippen LogP contribution < -0.4 is 11.2 Å². The van der Waals surface area contributed by atoms with E-state index in [1.807, 2.05) is 0 Å². The van der Waals surface area contributed by atoms with Gasteiger partial charge in [-0.15, -0.1) is 4.47 Å². The molecule has 0 aromatic carbocycles. The second kappa shape index (κ2) is 3.37. The fraction of sp³-hybridized carbons (Fsp3) is 0. The zero-order valence-corrected chi connectivity index (χ0v) is 6.52. The average Bonchev–Trinajstić information content (AvgIpc) is 2.34. The van der Waals surface area contributed by atoms with Crippen molar-refractivity contribution in [1.82, 2.24) is 5.43 Å². The van der Waals surface area contributed by atoms with Crippen molar-refractivity contribution in [2.75, 3.05) is 0 Å². The third-order valence-electron chi connectivity index (χ3n) is 0.638. The molecule has 1 aliphatic rings. The van der Waals surface area contributed by atoms with Gasteiger partial charge in [0.25, 0.3) is 0 Å². The first kappa shape index (κ1) is 7.29. The van der Waals surface area contributed by atoms with E-state index in [2.05, 4.69) is 32.3 Å². The zero-order chi connectivity index (χ0) is 7.40. The lowest BCUT2D eigenvalue weighted by Gasteiger charge is -1.92. The van der Waals surface area contributed by atoms with Crippen LogP contribution >= 0.6 is 12.2 Å². The molecule has 0 bridgehead atoms. The number of nitrogens with one attached hydrogen (secondary N) is 1. The highest BCUT2D eigenvalue weighted by Crippen LogP contribution is 1.87. The minimum atomic E-state index is -0.385. The molecule has 0 atom stereocenters. The van der Waals surface area contributed by atoms with Gasteiger partial charge in [-0.2, -0.15) is 10.2 Å². The number of nitrogens with zero attached hydrogens (tertiary/aromatic N) is 3. The normalized spacial score (nSPS) is 15.6. The van der Waals surface area contributed by atoms with Crippen LogP contribution in [-0.2, 0) is 10.7 Å². The summed E-state index contributed by atoms with van der Waals surface area (Å²) in [6, 6.07) is 0. The molecule has 0 spiro atoms. The molecular formula is C3H5N5S2. The Hall–Kier alpha value is -0.820. The highest BCUT2D eigenvalue weighted by Gasteiger charge is 1.92. The van der Waals surface area contributed by atoms with E-state index >= 15 is 0 Å². The second-order valence-corrected chi connectivity index (χ2v) is 3.09. The third-order valence-corrected chi connectivity index (χ3v) is 1.65. The van der Waals surface area contributed by atoms with Crippen molar-refractivity contribution >= 4 is 39.1 Å². The van der Waals surface area contributed by atoms with Crippen LogP contribution in [0.1, 0.15) is 0 Å². The Morgan fingerprint density at radius 3 is 2.70 bits per heavy atom. The first-order valence-electron chi connectivity index (χ1n) is 2.34. The maximum absolute atomic E-state index is 5.11. The number of hydrogen-bond acceptors (Lipinski definition) is 4. The molecule has 1 heterocycles. The van der Waals surface area contributed by atoms with Gasteiger partial charge in [0.05, 0.1) is 0 Å². The molecule has 0 aromatic rings. The smallest absolute Gasteiger partial charge is 0.184 e. The van der Waals surface area contributed by atoms with E-state index in [0.29, 0.717) is 0 Å². The molecule has 7 heteroatoms. The van der Waals surface area contributed by atoms with Gasteiger partial charge >= 0.3 is 0 Å². The molecule has 0 fully saturated rings. The lowest BCUT2D eigenvalue weighted by Crippen LogP contribution is -2.24. The summed E-state index contributed by atoms with van der Waals surface area (Å²) < 4.78 is 3.84. The predicted octanol–water partition coefficient (Wildman–Crippen LogP) is -0.478. The summed E-state index contributed by atoms with van der Waals surface area (Å²) in [6.45, 7) is 0. The lowest BCUT2D eigenvalue weighted by atomic mass is 11.2. The largest absolute Gasteiger partial charge is 0.375 e. The van der Waals surface area contributed by atoms with Gasteiger partial charge in [-0.3, -0.25) is 0 Å². The molecular weight excluding hydrogens is 170 g/mol. The standard InChI is InChI=1S/C3H5N5S2/c4-3(9)7-8-10-1-5-6-2-10/h1-2H,(H3,4,7,9). The summed E-state index contributed by atoms with van der Waals surface area (Å²) in [7, 11) is -0.385. The topological polar surface area (TPSA) is 75.1 Å². The fourth-order valence-corrected chi connectivity index (χ4v) is 1.08. The monoisotopic (exact) mass is 175 g/mol. The maximum atomic E-state index is 5.11. The molecule has 5 nitrogen and oxygen atoms in total. The summed E-state index contributed by atoms with van der Waals surface area (Å²) in [5, 5.41) is 7.32. The van der Waals surface area contributed by atoms with Gasteiger partial charge < -0.3 is 5.73 Å². The van der Waals surface area contributed by atoms with Crippen molar-refractivity contribution in [2.24, 2.45) is 20.4 Å². The van der Waals surface area contributed by atoms with Gasteiger partial charge in [0.2, 0.25) is 0 Å². The first-order valence-corrected chi connectivity index (χ1v) is 4.05. The van der Waals surface area contributed by atoms with E-state index in [-0.39, 0.29) is 15.8 Å². The van der Waals surface area contributed by atoms with E-state index in [9.17, 15) is 0 Å². The summed E-state index contributed by atoms with van der Waals surface area (Å²) in [6.07, 6.45) is 0. The number of rotatable bonds is 1. The molecule has 3 N–H and O–H groups in total. The zero-order valence-electron chi connectivity index (χ0n) is 4.89. The molecule has 1 rings (SSSR count). The Bertz CT molecular complexity index is 215. The molecule has 0 radical (unpaired) electrons. The van der Waals surface area contributed by atoms with Crippen molar-refractivity contribution in [3.05, 3.63) is 0 Å². The summed E-state index contributed by atoms with van der Waals surface area (Å²) in [4.78, 5) is 0. The molecule has 0 saturated heterocycles. The van der Waals surface area contributed by atoms with Crippen LogP contribution in [0.2, 0.25) is 0 Å². The molecule has 0 amide bonds. The quantitative estimate of drug-likeness (QED) is 0.417. The van der Waals surface area contributed by atoms with Crippen LogP contribution in [-0.4, -0.2) is 16.2 Å². The van der Waals surface area contributed by atoms with Crippen LogP contribution in [0, 0.1) is 0 Å². The minimum absolute atomic E-state index is 0.154. The average molecular weight is 175 g/mol. The van der Waals surface area contributed by atoms with Gasteiger partial charge in [-0.25, -0.2) is 5.43 Å². The van der Waals surface area contributed by atoms with E-state index in [0.717, 1.165) is 0 Å². The Morgan fingerprint density at radius 2 is 2.20 bits per heavy atom. The fourth-order valence-electron chi connectivity index (χ4n) is 0.323. The molecule has 0 unspecified atom stereocenters. The number of nitrogens with two attached hydrogens (primary N) is 1. The van der Waals surface area contributed by atoms with Crippen LogP contribution in [0.4, 0.5) is 0 Å². The highest BCUT2D eigenvalue weighted by molar-refractivity contribution is 8.12. The van der Waals surface area contributed by atoms with E-state index < -0.39 is 0 Å². The first-order chi connectivity index (χ1) is 4.79. The van der Waals surface area contributed by atoms with E-state index in [4.69, 9.17) is 5.73 Å².